The topological polar surface area (TPSA) is 132 Å². The number of ether oxygens (including phenoxy) is 2. The van der Waals surface area contributed by atoms with Crippen molar-refractivity contribution in [2.24, 2.45) is 17.8 Å². The molecule has 33 heavy (non-hydrogen) atoms. The van der Waals surface area contributed by atoms with Gasteiger partial charge in [0.25, 0.3) is 11.4 Å². The number of imidazole rings is 1. The van der Waals surface area contributed by atoms with Gasteiger partial charge in [-0.1, -0.05) is 6.92 Å². The molecule has 0 radical (unpaired) electrons. The van der Waals surface area contributed by atoms with Gasteiger partial charge in [-0.15, -0.1) is 0 Å². The second-order valence-electron chi connectivity index (χ2n) is 9.66. The molecule has 0 amide bonds. The molecule has 7 rings (SSSR count). The van der Waals surface area contributed by atoms with Crippen LogP contribution in [0.3, 0.4) is 0 Å². The predicted molar refractivity (Wildman–Crippen MR) is 117 cm³/mol. The largest absolute Gasteiger partial charge is 0.512 e. The number of H-pyrrole nitrogens is 1. The number of rotatable bonds is 6. The molecule has 2 atom stereocenters. The Morgan fingerprint density at radius 2 is 2.06 bits per heavy atom. The van der Waals surface area contributed by atoms with Crippen LogP contribution < -0.4 is 15.0 Å². The molecule has 3 aromatic heterocycles. The third-order valence-corrected chi connectivity index (χ3v) is 7.57. The van der Waals surface area contributed by atoms with Crippen LogP contribution >= 0.6 is 0 Å². The first-order valence-corrected chi connectivity index (χ1v) is 11.5. The zero-order valence-corrected chi connectivity index (χ0v) is 18.3. The molecule has 4 saturated carbocycles. The molecule has 10 nitrogen and oxygen atoms in total. The quantitative estimate of drug-likeness (QED) is 0.540. The summed E-state index contributed by atoms with van der Waals surface area (Å²) in [5.74, 6) is 3.02. The molecule has 0 saturated heterocycles. The van der Waals surface area contributed by atoms with E-state index < -0.39 is 6.16 Å². The van der Waals surface area contributed by atoms with Crippen molar-refractivity contribution in [1.29, 1.82) is 0 Å². The first-order chi connectivity index (χ1) is 16.0. The van der Waals surface area contributed by atoms with Crippen LogP contribution in [0.2, 0.25) is 0 Å². The van der Waals surface area contributed by atoms with Gasteiger partial charge in [0, 0.05) is 18.2 Å². The molecular formula is C23H25N5O5. The minimum absolute atomic E-state index is 0.0199. The van der Waals surface area contributed by atoms with Crippen LogP contribution in [0.5, 0.6) is 17.6 Å². The maximum Gasteiger partial charge on any atom is 0.512 e. The number of carbonyl (C=O) groups is 1. The molecule has 0 aliphatic heterocycles. The van der Waals surface area contributed by atoms with Crippen LogP contribution in [0.25, 0.3) is 11.2 Å². The summed E-state index contributed by atoms with van der Waals surface area (Å²) in [6.45, 7) is 2.34. The van der Waals surface area contributed by atoms with E-state index in [2.05, 4.69) is 15.0 Å². The van der Waals surface area contributed by atoms with E-state index in [1.54, 1.807) is 6.07 Å². The summed E-state index contributed by atoms with van der Waals surface area (Å²) in [4.78, 5) is 41.0. The second kappa shape index (κ2) is 7.29. The Morgan fingerprint density at radius 1 is 1.27 bits per heavy atom. The van der Waals surface area contributed by atoms with Gasteiger partial charge in [0.05, 0.1) is 0 Å². The third kappa shape index (κ3) is 3.19. The number of nitrogens with one attached hydrogen (secondary N) is 1. The van der Waals surface area contributed by atoms with Crippen molar-refractivity contribution in [2.45, 2.75) is 57.4 Å². The fraction of sp³-hybridized carbons (Fsp3) is 0.522. The Labute approximate surface area is 189 Å². The molecule has 2 N–H and O–H groups in total. The van der Waals surface area contributed by atoms with Crippen molar-refractivity contribution in [2.75, 3.05) is 0 Å². The van der Waals surface area contributed by atoms with Crippen molar-refractivity contribution in [1.82, 2.24) is 24.5 Å². The Kier molecular flexibility index (Phi) is 4.46. The van der Waals surface area contributed by atoms with E-state index in [4.69, 9.17) is 19.6 Å². The molecule has 2 unspecified atom stereocenters. The molecule has 4 fully saturated rings. The molecular weight excluding hydrogens is 426 g/mol. The van der Waals surface area contributed by atoms with Crippen LogP contribution in [-0.4, -0.2) is 35.8 Å². The highest BCUT2D eigenvalue weighted by Crippen LogP contribution is 2.64. The van der Waals surface area contributed by atoms with Crippen LogP contribution in [0.1, 0.15) is 51.3 Å². The van der Waals surface area contributed by atoms with E-state index >= 15 is 0 Å². The third-order valence-electron chi connectivity index (χ3n) is 7.57. The van der Waals surface area contributed by atoms with E-state index in [1.165, 1.54) is 29.7 Å². The summed E-state index contributed by atoms with van der Waals surface area (Å²) in [7, 11) is 0. The molecule has 0 aromatic carbocycles. The number of nitrogens with zero attached hydrogens (tertiary/aromatic N) is 4. The number of hydrogen-bond donors (Lipinski definition) is 2. The standard InChI is InChI=1S/C23H25N5O5/c1-2-6-28-19(29)16-17(27-21(28)32-15-4-3-5-24-18(15)33-22(30)31)26-20(25-16)23-9-12-7-13(10-23)14(8-12)11-23/h3-5,12-14H,2,6-11H2,1H3,(H,25,26)(H,30,31). The van der Waals surface area contributed by atoms with E-state index in [-0.39, 0.29) is 28.6 Å². The fourth-order valence-electron chi connectivity index (χ4n) is 6.53. The van der Waals surface area contributed by atoms with Gasteiger partial charge in [0.2, 0.25) is 0 Å². The van der Waals surface area contributed by atoms with Crippen molar-refractivity contribution < 1.29 is 19.4 Å². The predicted octanol–water partition coefficient (Wildman–Crippen LogP) is 3.85. The average Bonchev–Trinajstić information content (AvgIpc) is 3.41. The number of fused-ring (bicyclic) bond motifs is 1. The monoisotopic (exact) mass is 451 g/mol. The molecule has 4 aliphatic carbocycles. The summed E-state index contributed by atoms with van der Waals surface area (Å²) in [6, 6.07) is 3.13. The Morgan fingerprint density at radius 3 is 2.76 bits per heavy atom. The zero-order chi connectivity index (χ0) is 22.7. The highest BCUT2D eigenvalue weighted by atomic mass is 16.7. The summed E-state index contributed by atoms with van der Waals surface area (Å²) in [6.07, 6.45) is 6.62. The molecule has 4 aliphatic rings. The number of carboxylic acid groups (broad SMARTS) is 1. The first kappa shape index (κ1) is 20.2. The first-order valence-electron chi connectivity index (χ1n) is 11.5. The fourth-order valence-corrected chi connectivity index (χ4v) is 6.53. The molecule has 4 bridgehead atoms. The highest BCUT2D eigenvalue weighted by molar-refractivity contribution is 5.70. The van der Waals surface area contributed by atoms with Gasteiger partial charge in [-0.05, 0) is 68.4 Å². The lowest BCUT2D eigenvalue weighted by Gasteiger charge is -2.36. The van der Waals surface area contributed by atoms with Crippen molar-refractivity contribution >= 4 is 17.3 Å². The van der Waals surface area contributed by atoms with Gasteiger partial charge in [-0.3, -0.25) is 9.36 Å². The minimum Gasteiger partial charge on any atom is -0.449 e. The molecule has 3 aromatic rings. The smallest absolute Gasteiger partial charge is 0.449 e. The Balaban J connectivity index is 1.42. The lowest BCUT2D eigenvalue weighted by molar-refractivity contribution is 0.141. The van der Waals surface area contributed by atoms with Gasteiger partial charge in [0.15, 0.2) is 16.9 Å². The van der Waals surface area contributed by atoms with Crippen molar-refractivity contribution in [3.8, 4) is 17.6 Å². The number of aromatic amines is 1. The van der Waals surface area contributed by atoms with E-state index in [0.29, 0.717) is 24.1 Å². The molecule has 172 valence electrons. The summed E-state index contributed by atoms with van der Waals surface area (Å²) in [5, 5.41) is 8.98. The maximum atomic E-state index is 13.4. The van der Waals surface area contributed by atoms with Crippen LogP contribution in [0.4, 0.5) is 4.79 Å². The zero-order valence-electron chi connectivity index (χ0n) is 18.3. The van der Waals surface area contributed by atoms with Crippen molar-refractivity contribution in [3.63, 3.8) is 0 Å². The average molecular weight is 451 g/mol. The lowest BCUT2D eigenvalue weighted by Crippen LogP contribution is -2.32. The number of pyridine rings is 1. The second-order valence-corrected chi connectivity index (χ2v) is 9.66. The van der Waals surface area contributed by atoms with Crippen LogP contribution in [0, 0.1) is 17.8 Å². The normalized spacial score (nSPS) is 27.4. The van der Waals surface area contributed by atoms with Crippen LogP contribution in [-0.2, 0) is 12.0 Å². The highest BCUT2D eigenvalue weighted by Gasteiger charge is 2.57. The van der Waals surface area contributed by atoms with Gasteiger partial charge in [-0.2, -0.15) is 4.98 Å². The number of aromatic nitrogens is 5. The Hall–Kier alpha value is -3.43. The van der Waals surface area contributed by atoms with Crippen LogP contribution in [0.15, 0.2) is 23.1 Å². The SMILES string of the molecule is CCCn1c(Oc2cccnc2OC(=O)O)nc2nc(C34CC5CC(C3)C(C5)C4)[nH]c2c1=O. The molecule has 0 spiro atoms. The van der Waals surface area contributed by atoms with E-state index in [9.17, 15) is 9.59 Å². The maximum absolute atomic E-state index is 13.4. The van der Waals surface area contributed by atoms with E-state index in [0.717, 1.165) is 42.8 Å². The minimum atomic E-state index is -1.51. The van der Waals surface area contributed by atoms with Gasteiger partial charge in [0.1, 0.15) is 5.82 Å². The summed E-state index contributed by atoms with van der Waals surface area (Å²) in [5.41, 5.74) is 0.466. The summed E-state index contributed by atoms with van der Waals surface area (Å²) >= 11 is 0. The summed E-state index contributed by atoms with van der Waals surface area (Å²) < 4.78 is 12.0. The number of hydrogen-bond acceptors (Lipinski definition) is 7. The molecule has 3 heterocycles. The van der Waals surface area contributed by atoms with Gasteiger partial charge >= 0.3 is 12.2 Å². The lowest BCUT2D eigenvalue weighted by atomic mass is 9.69. The Bertz CT molecular complexity index is 1290. The van der Waals surface area contributed by atoms with E-state index in [1.807, 2.05) is 6.92 Å². The molecule has 10 heteroatoms. The van der Waals surface area contributed by atoms with Gasteiger partial charge < -0.3 is 19.6 Å². The van der Waals surface area contributed by atoms with Crippen molar-refractivity contribution in [3.05, 3.63) is 34.5 Å². The van der Waals surface area contributed by atoms with Gasteiger partial charge in [-0.25, -0.2) is 14.8 Å².